The van der Waals surface area contributed by atoms with E-state index in [1.807, 2.05) is 20.8 Å². The van der Waals surface area contributed by atoms with Crippen molar-refractivity contribution >= 4 is 29.1 Å². The van der Waals surface area contributed by atoms with Gasteiger partial charge < -0.3 is 15.1 Å². The molecule has 1 fully saturated rings. The minimum Gasteiger partial charge on any atom is -0.346 e. The first-order chi connectivity index (χ1) is 11.7. The average molecular weight is 366 g/mol. The average Bonchev–Trinajstić information content (AvgIpc) is 2.95. The maximum atomic E-state index is 12.7. The van der Waals surface area contributed by atoms with E-state index in [9.17, 15) is 14.4 Å². The van der Waals surface area contributed by atoms with Gasteiger partial charge in [-0.15, -0.1) is 11.3 Å². The van der Waals surface area contributed by atoms with Crippen molar-refractivity contribution in [2.45, 2.75) is 46.6 Å². The van der Waals surface area contributed by atoms with Crippen molar-refractivity contribution in [3.63, 3.8) is 0 Å². The fraction of sp³-hybridized carbons (Fsp3) is 0.647. The molecule has 0 atom stereocenters. The van der Waals surface area contributed by atoms with Crippen molar-refractivity contribution in [3.05, 3.63) is 15.6 Å². The van der Waals surface area contributed by atoms with Gasteiger partial charge in [0.2, 0.25) is 0 Å². The Hall–Kier alpha value is -1.96. The number of thiazole rings is 1. The van der Waals surface area contributed by atoms with Gasteiger partial charge in [0.25, 0.3) is 5.91 Å². The van der Waals surface area contributed by atoms with Crippen LogP contribution >= 0.6 is 11.3 Å². The van der Waals surface area contributed by atoms with E-state index in [2.05, 4.69) is 24.1 Å². The van der Waals surface area contributed by atoms with Gasteiger partial charge in [-0.3, -0.25) is 14.4 Å². The highest BCUT2D eigenvalue weighted by Gasteiger charge is 2.30. The van der Waals surface area contributed by atoms with Crippen molar-refractivity contribution in [2.24, 2.45) is 0 Å². The lowest BCUT2D eigenvalue weighted by molar-refractivity contribution is -0.147. The van der Waals surface area contributed by atoms with Gasteiger partial charge in [-0.25, -0.2) is 4.98 Å². The van der Waals surface area contributed by atoms with Gasteiger partial charge in [-0.1, -0.05) is 13.8 Å². The Morgan fingerprint density at radius 1 is 1.04 bits per heavy atom. The number of nitrogens with one attached hydrogen (secondary N) is 1. The highest BCUT2D eigenvalue weighted by atomic mass is 32.1. The molecule has 0 saturated carbocycles. The summed E-state index contributed by atoms with van der Waals surface area (Å²) in [4.78, 5) is 45.0. The number of amides is 3. The number of carbonyl (C=O) groups excluding carboxylic acids is 3. The zero-order valence-electron chi connectivity index (χ0n) is 15.5. The predicted octanol–water partition coefficient (Wildman–Crippen LogP) is 1.38. The summed E-state index contributed by atoms with van der Waals surface area (Å²) < 4.78 is 0. The molecule has 0 unspecified atom stereocenters. The highest BCUT2D eigenvalue weighted by Crippen LogP contribution is 2.26. The standard InChI is InChI=1S/C17H26N4O3S/c1-10(2)15-19-12(5)13(25-15)16(23)20-6-8-21(9-7-20)17(24)14(22)18-11(3)4/h10-11H,6-9H2,1-5H3,(H,18,22). The molecule has 0 aromatic carbocycles. The lowest BCUT2D eigenvalue weighted by Gasteiger charge is -2.34. The summed E-state index contributed by atoms with van der Waals surface area (Å²) in [5, 5.41) is 3.56. The number of aryl methyl sites for hydroxylation is 1. The Kier molecular flexibility index (Phi) is 6.16. The monoisotopic (exact) mass is 366 g/mol. The van der Waals surface area contributed by atoms with Crippen molar-refractivity contribution in [2.75, 3.05) is 26.2 Å². The summed E-state index contributed by atoms with van der Waals surface area (Å²) in [6, 6.07) is -0.0798. The molecule has 1 saturated heterocycles. The maximum Gasteiger partial charge on any atom is 0.312 e. The van der Waals surface area contributed by atoms with Crippen LogP contribution in [-0.2, 0) is 9.59 Å². The van der Waals surface area contributed by atoms with Crippen LogP contribution in [0.4, 0.5) is 0 Å². The van der Waals surface area contributed by atoms with Crippen LogP contribution in [0.1, 0.15) is 54.0 Å². The molecule has 138 valence electrons. The molecular weight excluding hydrogens is 340 g/mol. The molecule has 0 radical (unpaired) electrons. The van der Waals surface area contributed by atoms with Crippen molar-refractivity contribution in [1.82, 2.24) is 20.1 Å². The van der Waals surface area contributed by atoms with Crippen LogP contribution in [0.25, 0.3) is 0 Å². The fourth-order valence-electron chi connectivity index (χ4n) is 2.59. The summed E-state index contributed by atoms with van der Waals surface area (Å²) >= 11 is 1.44. The first-order valence-electron chi connectivity index (χ1n) is 8.57. The topological polar surface area (TPSA) is 82.6 Å². The van der Waals surface area contributed by atoms with E-state index in [4.69, 9.17) is 0 Å². The summed E-state index contributed by atoms with van der Waals surface area (Å²) in [7, 11) is 0. The third-order valence-corrected chi connectivity index (χ3v) is 5.42. The molecule has 7 nitrogen and oxygen atoms in total. The SMILES string of the molecule is Cc1nc(C(C)C)sc1C(=O)N1CCN(C(=O)C(=O)NC(C)C)CC1. The van der Waals surface area contributed by atoms with Gasteiger partial charge in [-0.05, 0) is 20.8 Å². The molecule has 1 aromatic heterocycles. The van der Waals surface area contributed by atoms with Gasteiger partial charge >= 0.3 is 11.8 Å². The van der Waals surface area contributed by atoms with Gasteiger partial charge in [0.15, 0.2) is 0 Å². The number of carbonyl (C=O) groups is 3. The Labute approximate surface area is 152 Å². The molecule has 1 aliphatic heterocycles. The van der Waals surface area contributed by atoms with E-state index >= 15 is 0 Å². The zero-order chi connectivity index (χ0) is 18.7. The Bertz CT molecular complexity index is 661. The second-order valence-corrected chi connectivity index (χ2v) is 7.86. The highest BCUT2D eigenvalue weighted by molar-refractivity contribution is 7.13. The van der Waals surface area contributed by atoms with Crippen LogP contribution in [0.15, 0.2) is 0 Å². The van der Waals surface area contributed by atoms with Crippen LogP contribution < -0.4 is 5.32 Å². The van der Waals surface area contributed by atoms with E-state index in [0.29, 0.717) is 37.0 Å². The third-order valence-electron chi connectivity index (χ3n) is 3.97. The van der Waals surface area contributed by atoms with Crippen LogP contribution in [-0.4, -0.2) is 64.7 Å². The molecule has 0 spiro atoms. The molecule has 1 aliphatic rings. The summed E-state index contributed by atoms with van der Waals surface area (Å²) in [5.41, 5.74) is 0.758. The second kappa shape index (κ2) is 7.95. The number of rotatable bonds is 3. The molecule has 1 N–H and O–H groups in total. The molecule has 25 heavy (non-hydrogen) atoms. The van der Waals surface area contributed by atoms with Crippen LogP contribution in [0.3, 0.4) is 0 Å². The summed E-state index contributed by atoms with van der Waals surface area (Å²) in [6.45, 7) is 11.2. The van der Waals surface area contributed by atoms with Crippen LogP contribution in [0.2, 0.25) is 0 Å². The smallest absolute Gasteiger partial charge is 0.312 e. The summed E-state index contributed by atoms with van der Waals surface area (Å²) in [6.07, 6.45) is 0. The Morgan fingerprint density at radius 2 is 1.60 bits per heavy atom. The predicted molar refractivity (Wildman–Crippen MR) is 96.7 cm³/mol. The number of nitrogens with zero attached hydrogens (tertiary/aromatic N) is 3. The number of aromatic nitrogens is 1. The normalized spacial score (nSPS) is 15.0. The molecular formula is C17H26N4O3S. The quantitative estimate of drug-likeness (QED) is 0.820. The molecule has 2 heterocycles. The Balaban J connectivity index is 1.96. The van der Waals surface area contributed by atoms with Crippen molar-refractivity contribution < 1.29 is 14.4 Å². The first-order valence-corrected chi connectivity index (χ1v) is 9.38. The van der Waals surface area contributed by atoms with Crippen molar-refractivity contribution in [1.29, 1.82) is 0 Å². The van der Waals surface area contributed by atoms with Gasteiger partial charge in [-0.2, -0.15) is 0 Å². The van der Waals surface area contributed by atoms with E-state index < -0.39 is 11.8 Å². The van der Waals surface area contributed by atoms with E-state index in [1.165, 1.54) is 16.2 Å². The third kappa shape index (κ3) is 4.56. The van der Waals surface area contributed by atoms with Crippen molar-refractivity contribution in [3.8, 4) is 0 Å². The molecule has 0 aliphatic carbocycles. The number of hydrogen-bond acceptors (Lipinski definition) is 5. The van der Waals surface area contributed by atoms with Gasteiger partial charge in [0, 0.05) is 38.1 Å². The molecule has 2 rings (SSSR count). The number of hydrogen-bond donors (Lipinski definition) is 1. The van der Waals surface area contributed by atoms with Crippen LogP contribution in [0.5, 0.6) is 0 Å². The van der Waals surface area contributed by atoms with Crippen LogP contribution in [0, 0.1) is 6.92 Å². The minimum atomic E-state index is -0.588. The van der Waals surface area contributed by atoms with E-state index in [-0.39, 0.29) is 11.9 Å². The van der Waals surface area contributed by atoms with Gasteiger partial charge in [0.1, 0.15) is 4.88 Å². The van der Waals surface area contributed by atoms with E-state index in [1.54, 1.807) is 4.90 Å². The Morgan fingerprint density at radius 3 is 2.08 bits per heavy atom. The van der Waals surface area contributed by atoms with E-state index in [0.717, 1.165) is 10.7 Å². The number of piperazine rings is 1. The largest absolute Gasteiger partial charge is 0.346 e. The maximum absolute atomic E-state index is 12.7. The molecule has 0 bridgehead atoms. The molecule has 8 heteroatoms. The summed E-state index contributed by atoms with van der Waals surface area (Å²) in [5.74, 6) is -0.869. The van der Waals surface area contributed by atoms with Gasteiger partial charge in [0.05, 0.1) is 10.7 Å². The fourth-order valence-corrected chi connectivity index (χ4v) is 3.62. The molecule has 1 aromatic rings. The zero-order valence-corrected chi connectivity index (χ0v) is 16.3. The molecule has 3 amide bonds. The minimum absolute atomic E-state index is 0.0411. The first kappa shape index (κ1) is 19.4. The second-order valence-electron chi connectivity index (χ2n) is 6.83. The lowest BCUT2D eigenvalue weighted by Crippen LogP contribution is -2.54. The lowest BCUT2D eigenvalue weighted by atomic mass is 10.2.